The standard InChI is InChI=1S/C16H21NOS/c17-15(8-3-5-12-6-4-10-18-12)14-11-19-16-9-2-1-7-13(14)16/h1-2,7,9,11-12,15H,3-6,8,10,17H2. The molecule has 0 bridgehead atoms. The fourth-order valence-electron chi connectivity index (χ4n) is 2.88. The quantitative estimate of drug-likeness (QED) is 0.885. The summed E-state index contributed by atoms with van der Waals surface area (Å²) >= 11 is 1.80. The molecule has 0 radical (unpaired) electrons. The Morgan fingerprint density at radius 2 is 2.26 bits per heavy atom. The fraction of sp³-hybridized carbons (Fsp3) is 0.500. The van der Waals surface area contributed by atoms with Gasteiger partial charge < -0.3 is 10.5 Å². The second-order valence-electron chi connectivity index (χ2n) is 5.36. The first-order valence-corrected chi connectivity index (χ1v) is 8.06. The maximum Gasteiger partial charge on any atom is 0.0576 e. The SMILES string of the molecule is NC(CCCC1CCCO1)c1csc2ccccc12. The minimum atomic E-state index is 0.164. The monoisotopic (exact) mass is 275 g/mol. The summed E-state index contributed by atoms with van der Waals surface area (Å²) in [7, 11) is 0. The van der Waals surface area contributed by atoms with Crippen molar-refractivity contribution in [3.63, 3.8) is 0 Å². The molecule has 0 amide bonds. The Morgan fingerprint density at radius 1 is 1.37 bits per heavy atom. The molecule has 2 unspecified atom stereocenters. The smallest absolute Gasteiger partial charge is 0.0576 e. The minimum Gasteiger partial charge on any atom is -0.378 e. The summed E-state index contributed by atoms with van der Waals surface area (Å²) in [6, 6.07) is 8.70. The molecule has 2 heterocycles. The van der Waals surface area contributed by atoms with E-state index in [9.17, 15) is 0 Å². The average molecular weight is 275 g/mol. The van der Waals surface area contributed by atoms with Crippen LogP contribution in [0.3, 0.4) is 0 Å². The van der Waals surface area contributed by atoms with Crippen molar-refractivity contribution in [2.24, 2.45) is 5.73 Å². The first kappa shape index (κ1) is 13.1. The van der Waals surface area contributed by atoms with Crippen molar-refractivity contribution in [1.29, 1.82) is 0 Å². The van der Waals surface area contributed by atoms with Crippen LogP contribution in [0.5, 0.6) is 0 Å². The number of hydrogen-bond acceptors (Lipinski definition) is 3. The van der Waals surface area contributed by atoms with E-state index in [1.165, 1.54) is 28.5 Å². The van der Waals surface area contributed by atoms with Gasteiger partial charge in [0, 0.05) is 17.3 Å². The molecule has 2 N–H and O–H groups in total. The Balaban J connectivity index is 1.58. The number of nitrogens with two attached hydrogens (primary N) is 1. The molecule has 2 atom stereocenters. The van der Waals surface area contributed by atoms with Gasteiger partial charge in [-0.3, -0.25) is 0 Å². The fourth-order valence-corrected chi connectivity index (χ4v) is 3.90. The van der Waals surface area contributed by atoms with E-state index < -0.39 is 0 Å². The lowest BCUT2D eigenvalue weighted by atomic mass is 9.99. The van der Waals surface area contributed by atoms with E-state index in [0.29, 0.717) is 6.10 Å². The van der Waals surface area contributed by atoms with Crippen LogP contribution >= 0.6 is 11.3 Å². The van der Waals surface area contributed by atoms with Gasteiger partial charge in [0.15, 0.2) is 0 Å². The summed E-state index contributed by atoms with van der Waals surface area (Å²) in [4.78, 5) is 0. The van der Waals surface area contributed by atoms with Gasteiger partial charge in [0.05, 0.1) is 6.10 Å². The number of fused-ring (bicyclic) bond motifs is 1. The van der Waals surface area contributed by atoms with Crippen molar-refractivity contribution < 1.29 is 4.74 Å². The Kier molecular flexibility index (Phi) is 4.16. The van der Waals surface area contributed by atoms with E-state index in [4.69, 9.17) is 10.5 Å². The molecular formula is C16H21NOS. The zero-order valence-corrected chi connectivity index (χ0v) is 12.0. The minimum absolute atomic E-state index is 0.164. The molecule has 2 nitrogen and oxygen atoms in total. The summed E-state index contributed by atoms with van der Waals surface area (Å²) in [5.41, 5.74) is 7.67. The molecule has 0 aliphatic carbocycles. The largest absolute Gasteiger partial charge is 0.378 e. The molecule has 19 heavy (non-hydrogen) atoms. The maximum atomic E-state index is 6.36. The third-order valence-electron chi connectivity index (χ3n) is 3.98. The molecule has 1 aliphatic heterocycles. The zero-order chi connectivity index (χ0) is 13.1. The van der Waals surface area contributed by atoms with E-state index in [1.54, 1.807) is 11.3 Å². The number of hydrogen-bond donors (Lipinski definition) is 1. The summed E-state index contributed by atoms with van der Waals surface area (Å²) in [6.45, 7) is 0.950. The van der Waals surface area contributed by atoms with Crippen LogP contribution < -0.4 is 5.73 Å². The van der Waals surface area contributed by atoms with E-state index in [2.05, 4.69) is 29.6 Å². The van der Waals surface area contributed by atoms with Gasteiger partial charge >= 0.3 is 0 Å². The average Bonchev–Trinajstić information content (AvgIpc) is 3.07. The highest BCUT2D eigenvalue weighted by Gasteiger charge is 2.16. The lowest BCUT2D eigenvalue weighted by Crippen LogP contribution is -2.11. The Labute approximate surface area is 118 Å². The number of rotatable bonds is 5. The predicted octanol–water partition coefficient (Wildman–Crippen LogP) is 4.25. The van der Waals surface area contributed by atoms with E-state index in [1.807, 2.05) is 0 Å². The molecule has 1 saturated heterocycles. The van der Waals surface area contributed by atoms with Gasteiger partial charge in [0.1, 0.15) is 0 Å². The first-order valence-electron chi connectivity index (χ1n) is 7.18. The molecule has 1 aliphatic rings. The van der Waals surface area contributed by atoms with Crippen molar-refractivity contribution in [3.05, 3.63) is 35.2 Å². The molecule has 1 aromatic heterocycles. The Bertz CT molecular complexity index is 530. The molecule has 0 saturated carbocycles. The Hall–Kier alpha value is -0.900. The number of ether oxygens (including phenoxy) is 1. The molecule has 3 rings (SSSR count). The third-order valence-corrected chi connectivity index (χ3v) is 4.96. The van der Waals surface area contributed by atoms with Crippen molar-refractivity contribution in [2.45, 2.75) is 44.2 Å². The summed E-state index contributed by atoms with van der Waals surface area (Å²) in [6.07, 6.45) is 6.33. The summed E-state index contributed by atoms with van der Waals surface area (Å²) in [5.74, 6) is 0. The highest BCUT2D eigenvalue weighted by Crippen LogP contribution is 2.31. The topological polar surface area (TPSA) is 35.2 Å². The molecule has 102 valence electrons. The lowest BCUT2D eigenvalue weighted by Gasteiger charge is -2.13. The number of thiophene rings is 1. The van der Waals surface area contributed by atoms with Crippen LogP contribution in [0.1, 0.15) is 43.7 Å². The molecule has 1 fully saturated rings. The van der Waals surface area contributed by atoms with Gasteiger partial charge in [-0.1, -0.05) is 18.2 Å². The second-order valence-corrected chi connectivity index (χ2v) is 6.27. The van der Waals surface area contributed by atoms with Gasteiger partial charge in [0.25, 0.3) is 0 Å². The van der Waals surface area contributed by atoms with Crippen molar-refractivity contribution >= 4 is 21.4 Å². The van der Waals surface area contributed by atoms with Crippen LogP contribution in [0.25, 0.3) is 10.1 Å². The van der Waals surface area contributed by atoms with Gasteiger partial charge in [-0.15, -0.1) is 11.3 Å². The normalized spacial score (nSPS) is 21.0. The second kappa shape index (κ2) is 6.04. The summed E-state index contributed by atoms with van der Waals surface area (Å²) in [5, 5.41) is 3.55. The van der Waals surface area contributed by atoms with Crippen LogP contribution in [0.2, 0.25) is 0 Å². The van der Waals surface area contributed by atoms with Gasteiger partial charge in [-0.2, -0.15) is 0 Å². The predicted molar refractivity (Wildman–Crippen MR) is 81.6 cm³/mol. The molecule has 0 spiro atoms. The molecule has 3 heteroatoms. The van der Waals surface area contributed by atoms with Crippen molar-refractivity contribution in [3.8, 4) is 0 Å². The van der Waals surface area contributed by atoms with Crippen LogP contribution in [-0.2, 0) is 4.74 Å². The van der Waals surface area contributed by atoms with Gasteiger partial charge in [-0.05, 0) is 54.5 Å². The van der Waals surface area contributed by atoms with E-state index in [0.717, 1.165) is 25.9 Å². The van der Waals surface area contributed by atoms with Gasteiger partial charge in [0.2, 0.25) is 0 Å². The number of benzene rings is 1. The third kappa shape index (κ3) is 2.99. The van der Waals surface area contributed by atoms with Crippen LogP contribution in [0, 0.1) is 0 Å². The Morgan fingerprint density at radius 3 is 3.11 bits per heavy atom. The lowest BCUT2D eigenvalue weighted by molar-refractivity contribution is 0.101. The molecule has 1 aromatic carbocycles. The van der Waals surface area contributed by atoms with Gasteiger partial charge in [-0.25, -0.2) is 0 Å². The van der Waals surface area contributed by atoms with Crippen LogP contribution in [0.4, 0.5) is 0 Å². The summed E-state index contributed by atoms with van der Waals surface area (Å²) < 4.78 is 7.00. The van der Waals surface area contributed by atoms with Crippen molar-refractivity contribution in [2.75, 3.05) is 6.61 Å². The molecular weight excluding hydrogens is 254 g/mol. The van der Waals surface area contributed by atoms with Crippen LogP contribution in [0.15, 0.2) is 29.6 Å². The maximum absolute atomic E-state index is 6.36. The highest BCUT2D eigenvalue weighted by atomic mass is 32.1. The zero-order valence-electron chi connectivity index (χ0n) is 11.2. The highest BCUT2D eigenvalue weighted by molar-refractivity contribution is 7.17. The first-order chi connectivity index (χ1) is 9.34. The molecule has 2 aromatic rings. The van der Waals surface area contributed by atoms with Crippen molar-refractivity contribution in [1.82, 2.24) is 0 Å². The van der Waals surface area contributed by atoms with E-state index in [-0.39, 0.29) is 6.04 Å². The van der Waals surface area contributed by atoms with E-state index >= 15 is 0 Å². The van der Waals surface area contributed by atoms with Crippen LogP contribution in [-0.4, -0.2) is 12.7 Å².